The Morgan fingerprint density at radius 2 is 1.80 bits per heavy atom. The van der Waals surface area contributed by atoms with Gasteiger partial charge in [0.1, 0.15) is 0 Å². The first-order valence-corrected chi connectivity index (χ1v) is 4.58. The molecular formula is C8H13B4NO2. The maximum atomic E-state index is 10.7. The van der Waals surface area contributed by atoms with Crippen LogP contribution in [0.3, 0.4) is 0 Å². The smallest absolute Gasteiger partial charge is 0.291 e. The zero-order valence-corrected chi connectivity index (χ0v) is 9.40. The molecule has 8 radical (unpaired) electrons. The Balaban J connectivity index is 4.50. The maximum Gasteiger partial charge on any atom is 0.291 e. The van der Waals surface area contributed by atoms with Crippen LogP contribution in [0.2, 0.25) is 11.0 Å². The maximum absolute atomic E-state index is 10.7. The molecule has 0 fully saturated rings. The SMILES string of the molecule is [B]C(CN([B])C(C)(C)C)C([B])([B])C(=O)O. The molecule has 0 bridgehead atoms. The minimum Gasteiger partial charge on any atom is -0.482 e. The van der Waals surface area contributed by atoms with Crippen molar-refractivity contribution in [3.05, 3.63) is 0 Å². The lowest BCUT2D eigenvalue weighted by Crippen LogP contribution is -2.44. The molecule has 15 heavy (non-hydrogen) atoms. The highest BCUT2D eigenvalue weighted by Gasteiger charge is 2.33. The molecule has 0 aliphatic carbocycles. The van der Waals surface area contributed by atoms with E-state index in [4.69, 9.17) is 36.6 Å². The first-order valence-electron chi connectivity index (χ1n) is 4.58. The van der Waals surface area contributed by atoms with Gasteiger partial charge in [0.25, 0.3) is 5.97 Å². The van der Waals surface area contributed by atoms with Crippen LogP contribution in [0.15, 0.2) is 0 Å². The standard InChI is InChI=1S/C8H13B4NO2/c1-7(2,3)13(12)4-5(9)8(10,11)6(14)15/h5H,4H2,1-3H3,(H,14,15). The van der Waals surface area contributed by atoms with Crippen molar-refractivity contribution >= 4 is 37.5 Å². The monoisotopic (exact) mass is 199 g/mol. The molecule has 0 aliphatic rings. The molecule has 3 nitrogen and oxygen atoms in total. The minimum atomic E-state index is -1.97. The van der Waals surface area contributed by atoms with Gasteiger partial charge in [-0.2, -0.15) is 0 Å². The van der Waals surface area contributed by atoms with E-state index in [-0.39, 0.29) is 12.1 Å². The number of carboxylic acid groups (broad SMARTS) is 1. The van der Waals surface area contributed by atoms with Gasteiger partial charge in [-0.15, -0.1) is 0 Å². The Morgan fingerprint density at radius 1 is 1.40 bits per heavy atom. The Bertz CT molecular complexity index is 239. The normalized spacial score (nSPS) is 15.2. The summed E-state index contributed by atoms with van der Waals surface area (Å²) in [5.74, 6) is -2.29. The Labute approximate surface area is 96.6 Å². The highest BCUT2D eigenvalue weighted by Crippen LogP contribution is 2.32. The summed E-state index contributed by atoms with van der Waals surface area (Å²) in [7, 11) is 22.0. The Hall–Kier alpha value is -0.310. The fourth-order valence-electron chi connectivity index (χ4n) is 0.795. The van der Waals surface area contributed by atoms with Crippen LogP contribution in [0.4, 0.5) is 0 Å². The average Bonchev–Trinajstić information content (AvgIpc) is 2.01. The van der Waals surface area contributed by atoms with E-state index in [1.165, 1.54) is 4.81 Å². The van der Waals surface area contributed by atoms with Gasteiger partial charge in [0, 0.05) is 5.54 Å². The summed E-state index contributed by atoms with van der Waals surface area (Å²) in [6, 6.07) is 0. The van der Waals surface area contributed by atoms with E-state index in [1.807, 2.05) is 20.8 Å². The average molecular weight is 198 g/mol. The second-order valence-electron chi connectivity index (χ2n) is 4.67. The van der Waals surface area contributed by atoms with Crippen LogP contribution in [-0.2, 0) is 4.79 Å². The van der Waals surface area contributed by atoms with Gasteiger partial charge in [0.2, 0.25) is 0 Å². The van der Waals surface area contributed by atoms with Gasteiger partial charge in [-0.3, -0.25) is 4.79 Å². The molecule has 0 rings (SSSR count). The van der Waals surface area contributed by atoms with Crippen LogP contribution in [-0.4, -0.2) is 59.5 Å². The van der Waals surface area contributed by atoms with Crippen molar-refractivity contribution in [2.24, 2.45) is 0 Å². The van der Waals surface area contributed by atoms with Crippen molar-refractivity contribution in [2.75, 3.05) is 6.54 Å². The van der Waals surface area contributed by atoms with E-state index in [9.17, 15) is 4.79 Å². The quantitative estimate of drug-likeness (QED) is 0.629. The lowest BCUT2D eigenvalue weighted by Gasteiger charge is -2.39. The van der Waals surface area contributed by atoms with E-state index in [1.54, 1.807) is 0 Å². The zero-order chi connectivity index (χ0) is 12.4. The van der Waals surface area contributed by atoms with Gasteiger partial charge >= 0.3 is 0 Å². The lowest BCUT2D eigenvalue weighted by atomic mass is 9.43. The molecule has 0 amide bonds. The minimum absolute atomic E-state index is 0.100. The molecule has 0 aromatic carbocycles. The molecule has 1 N–H and O–H groups in total. The molecule has 0 saturated carbocycles. The first kappa shape index (κ1) is 14.7. The molecule has 1 unspecified atom stereocenters. The summed E-state index contributed by atoms with van der Waals surface area (Å²) in [6.07, 6.45) is 0. The molecule has 0 aromatic rings. The summed E-state index contributed by atoms with van der Waals surface area (Å²) in [6.45, 7) is 5.71. The summed E-state index contributed by atoms with van der Waals surface area (Å²) < 4.78 is 0. The largest absolute Gasteiger partial charge is 0.482 e. The van der Waals surface area contributed by atoms with Crippen LogP contribution >= 0.6 is 0 Å². The van der Waals surface area contributed by atoms with Gasteiger partial charge in [-0.1, -0.05) is 5.82 Å². The number of hydrogen-bond donors (Lipinski definition) is 1. The van der Waals surface area contributed by atoms with Crippen molar-refractivity contribution in [1.29, 1.82) is 0 Å². The van der Waals surface area contributed by atoms with Crippen molar-refractivity contribution < 1.29 is 9.90 Å². The topological polar surface area (TPSA) is 40.5 Å². The van der Waals surface area contributed by atoms with Crippen LogP contribution < -0.4 is 0 Å². The number of hydrogen-bond acceptors (Lipinski definition) is 2. The lowest BCUT2D eigenvalue weighted by molar-refractivity contribution is -0.138. The van der Waals surface area contributed by atoms with Crippen molar-refractivity contribution in [2.45, 2.75) is 37.3 Å². The van der Waals surface area contributed by atoms with Gasteiger partial charge < -0.3 is 9.92 Å². The van der Waals surface area contributed by atoms with E-state index >= 15 is 0 Å². The molecule has 7 heteroatoms. The van der Waals surface area contributed by atoms with Crippen LogP contribution in [0.25, 0.3) is 0 Å². The number of rotatable bonds is 4. The molecule has 1 atom stereocenters. The summed E-state index contributed by atoms with van der Waals surface area (Å²) in [5, 5.41) is 6.77. The second-order valence-corrected chi connectivity index (χ2v) is 4.67. The molecular weight excluding hydrogens is 185 g/mol. The first-order chi connectivity index (χ1) is 6.49. The molecule has 0 spiro atoms. The third-order valence-electron chi connectivity index (χ3n) is 2.24. The third-order valence-corrected chi connectivity index (χ3v) is 2.24. The molecule has 0 saturated heterocycles. The predicted molar refractivity (Wildman–Crippen MR) is 63.6 cm³/mol. The van der Waals surface area contributed by atoms with Gasteiger partial charge in [0.15, 0.2) is 7.98 Å². The van der Waals surface area contributed by atoms with Crippen molar-refractivity contribution in [3.63, 3.8) is 0 Å². The van der Waals surface area contributed by atoms with Gasteiger partial charge in [-0.25, -0.2) is 0 Å². The molecule has 0 aliphatic heterocycles. The number of carboxylic acids is 1. The van der Waals surface area contributed by atoms with Gasteiger partial charge in [-0.05, 0) is 32.5 Å². The van der Waals surface area contributed by atoms with Gasteiger partial charge in [0.05, 0.1) is 23.5 Å². The fourth-order valence-corrected chi connectivity index (χ4v) is 0.795. The zero-order valence-electron chi connectivity index (χ0n) is 9.40. The van der Waals surface area contributed by atoms with Crippen LogP contribution in [0.1, 0.15) is 20.8 Å². The summed E-state index contributed by atoms with van der Waals surface area (Å²) in [5.41, 5.74) is -0.327. The number of aliphatic carboxylic acids is 1. The van der Waals surface area contributed by atoms with E-state index < -0.39 is 17.0 Å². The van der Waals surface area contributed by atoms with Crippen molar-refractivity contribution in [1.82, 2.24) is 4.81 Å². The van der Waals surface area contributed by atoms with E-state index in [2.05, 4.69) is 0 Å². The Morgan fingerprint density at radius 3 is 2.07 bits per heavy atom. The van der Waals surface area contributed by atoms with E-state index in [0.29, 0.717) is 0 Å². The number of carbonyl (C=O) groups is 1. The summed E-state index contributed by atoms with van der Waals surface area (Å²) in [4.78, 5) is 12.1. The molecule has 0 aromatic heterocycles. The van der Waals surface area contributed by atoms with Crippen LogP contribution in [0.5, 0.6) is 0 Å². The third kappa shape index (κ3) is 3.98. The molecule has 0 heterocycles. The van der Waals surface area contributed by atoms with E-state index in [0.717, 1.165) is 0 Å². The predicted octanol–water partition coefficient (Wildman–Crippen LogP) is -0.335. The second kappa shape index (κ2) is 4.69. The van der Waals surface area contributed by atoms with Crippen LogP contribution in [0, 0.1) is 0 Å². The fraction of sp³-hybridized carbons (Fsp3) is 0.875. The Kier molecular flexibility index (Phi) is 4.59. The highest BCUT2D eigenvalue weighted by atomic mass is 16.4. The number of nitrogens with zero attached hydrogens (tertiary/aromatic N) is 1. The van der Waals surface area contributed by atoms with Crippen molar-refractivity contribution in [3.8, 4) is 0 Å². The highest BCUT2D eigenvalue weighted by molar-refractivity contribution is 6.53. The summed E-state index contributed by atoms with van der Waals surface area (Å²) >= 11 is 0. The molecule has 74 valence electrons.